The number of hydrogen-bond donors (Lipinski definition) is 1. The second-order valence-electron chi connectivity index (χ2n) is 7.80. The van der Waals surface area contributed by atoms with Gasteiger partial charge in [0.15, 0.2) is 23.4 Å². The van der Waals surface area contributed by atoms with Gasteiger partial charge in [-0.15, -0.1) is 0 Å². The van der Waals surface area contributed by atoms with Crippen LogP contribution in [0.3, 0.4) is 0 Å². The third-order valence-corrected chi connectivity index (χ3v) is 6.59. The lowest BCUT2D eigenvalue weighted by Crippen LogP contribution is -2.65. The first-order valence-corrected chi connectivity index (χ1v) is 9.19. The molecule has 1 saturated heterocycles. The minimum atomic E-state index is -0.833. The molecule has 4 aliphatic rings. The molecule has 9 heteroatoms. The summed E-state index contributed by atoms with van der Waals surface area (Å²) in [4.78, 5) is 24.1. The van der Waals surface area contributed by atoms with Crippen LogP contribution in [0.5, 0.6) is 11.5 Å². The van der Waals surface area contributed by atoms with E-state index in [4.69, 9.17) is 19.4 Å². The second kappa shape index (κ2) is 8.66. The second-order valence-corrected chi connectivity index (χ2v) is 7.80. The molecule has 2 heterocycles. The minimum absolute atomic E-state index is 0. The fraction of sp³-hybridized carbons (Fsp3) is 0.600. The van der Waals surface area contributed by atoms with Crippen molar-refractivity contribution in [1.29, 1.82) is 0 Å². The molecule has 164 valence electrons. The maximum atomic E-state index is 12.6. The van der Waals surface area contributed by atoms with E-state index in [1.807, 2.05) is 6.07 Å². The van der Waals surface area contributed by atoms with Crippen LogP contribution in [0.1, 0.15) is 37.3 Å². The molecule has 9 nitrogen and oxygen atoms in total. The molecule has 0 amide bonds. The molecule has 2 aliphatic carbocycles. The standard InChI is InChI=1S/C18H21NO3.C2H4O2.3H2O/c1-19-8-7-18-11-4-5-13(20)17(18)22-16-14(21-2)6-3-10(15(16)18)9-12(11)19;1-2(3)4;;;/h3,6,11-12,17H,4-5,7-9H2,1-2H3;1H3,(H,3,4);3*1H2/t11-,12+,17-,18-;;;;/m0..../s1. The first-order chi connectivity index (χ1) is 12.4. The molecule has 0 aromatic heterocycles. The van der Waals surface area contributed by atoms with Crippen molar-refractivity contribution in [2.45, 2.75) is 50.2 Å². The van der Waals surface area contributed by atoms with Gasteiger partial charge in [0.1, 0.15) is 0 Å². The fourth-order valence-electron chi connectivity index (χ4n) is 5.67. The van der Waals surface area contributed by atoms with Crippen molar-refractivity contribution in [3.8, 4) is 11.5 Å². The van der Waals surface area contributed by atoms with E-state index in [1.165, 1.54) is 11.1 Å². The lowest BCUT2D eigenvalue weighted by Gasteiger charge is -2.57. The number of carbonyl (C=O) groups excluding carboxylic acids is 1. The van der Waals surface area contributed by atoms with Gasteiger partial charge in [-0.2, -0.15) is 0 Å². The van der Waals surface area contributed by atoms with Gasteiger partial charge in [0.05, 0.1) is 7.11 Å². The Morgan fingerprint density at radius 3 is 2.59 bits per heavy atom. The highest BCUT2D eigenvalue weighted by Crippen LogP contribution is 2.63. The summed E-state index contributed by atoms with van der Waals surface area (Å²) < 4.78 is 11.8. The summed E-state index contributed by atoms with van der Waals surface area (Å²) >= 11 is 0. The molecule has 7 N–H and O–H groups in total. The molecule has 2 bridgehead atoms. The summed E-state index contributed by atoms with van der Waals surface area (Å²) in [6, 6.07) is 4.73. The van der Waals surface area contributed by atoms with Crippen LogP contribution in [0.15, 0.2) is 12.1 Å². The molecule has 0 radical (unpaired) electrons. The number of carbonyl (C=O) groups is 2. The van der Waals surface area contributed by atoms with Crippen molar-refractivity contribution < 1.29 is 40.6 Å². The number of Topliss-reactive ketones (excluding diaryl/α,β-unsaturated/α-hetero) is 1. The average molecular weight is 413 g/mol. The number of likely N-dealkylation sites (N-methyl/N-ethyl adjacent to an activating group) is 1. The summed E-state index contributed by atoms with van der Waals surface area (Å²) in [7, 11) is 3.91. The maximum Gasteiger partial charge on any atom is 0.300 e. The zero-order chi connectivity index (χ0) is 18.6. The number of piperidine rings is 1. The Labute approximate surface area is 169 Å². The van der Waals surface area contributed by atoms with Crippen LogP contribution in [0.25, 0.3) is 0 Å². The molecular weight excluding hydrogens is 382 g/mol. The zero-order valence-electron chi connectivity index (χ0n) is 16.9. The number of benzene rings is 1. The van der Waals surface area contributed by atoms with Crippen LogP contribution >= 0.6 is 0 Å². The van der Waals surface area contributed by atoms with Crippen LogP contribution < -0.4 is 9.47 Å². The Bertz CT molecular complexity index is 778. The van der Waals surface area contributed by atoms with Crippen molar-refractivity contribution in [2.24, 2.45) is 5.92 Å². The van der Waals surface area contributed by atoms with Crippen LogP contribution in [0, 0.1) is 5.92 Å². The molecule has 5 rings (SSSR count). The van der Waals surface area contributed by atoms with Gasteiger partial charge in [-0.05, 0) is 50.4 Å². The van der Waals surface area contributed by atoms with Gasteiger partial charge in [0, 0.05) is 30.4 Å². The summed E-state index contributed by atoms with van der Waals surface area (Å²) in [5.74, 6) is 1.63. The number of likely N-dealkylation sites (tertiary alicyclic amines) is 1. The number of nitrogens with zero attached hydrogens (tertiary/aromatic N) is 1. The number of hydrogen-bond acceptors (Lipinski definition) is 5. The van der Waals surface area contributed by atoms with Gasteiger partial charge in [0.25, 0.3) is 5.97 Å². The maximum absolute atomic E-state index is 12.6. The summed E-state index contributed by atoms with van der Waals surface area (Å²) in [6.07, 6.45) is 3.47. The number of carboxylic acid groups (broad SMARTS) is 1. The van der Waals surface area contributed by atoms with Gasteiger partial charge in [-0.25, -0.2) is 0 Å². The lowest BCUT2D eigenvalue weighted by atomic mass is 9.52. The van der Waals surface area contributed by atoms with Crippen LogP contribution in [-0.2, 0) is 21.4 Å². The quantitative estimate of drug-likeness (QED) is 0.653. The highest BCUT2D eigenvalue weighted by atomic mass is 16.5. The predicted octanol–water partition coefficient (Wildman–Crippen LogP) is -0.450. The normalized spacial score (nSPS) is 30.0. The van der Waals surface area contributed by atoms with Gasteiger partial charge in [-0.3, -0.25) is 9.59 Å². The molecule has 4 atom stereocenters. The zero-order valence-corrected chi connectivity index (χ0v) is 16.9. The van der Waals surface area contributed by atoms with Crippen LogP contribution in [0.4, 0.5) is 0 Å². The van der Waals surface area contributed by atoms with Crippen molar-refractivity contribution in [3.05, 3.63) is 23.3 Å². The number of aliphatic carboxylic acids is 1. The molecule has 1 aromatic rings. The van der Waals surface area contributed by atoms with E-state index in [0.717, 1.165) is 44.2 Å². The van der Waals surface area contributed by atoms with E-state index >= 15 is 0 Å². The molecule has 2 fully saturated rings. The number of ether oxygens (including phenoxy) is 2. The van der Waals surface area contributed by atoms with Crippen molar-refractivity contribution in [3.63, 3.8) is 0 Å². The molecule has 0 unspecified atom stereocenters. The first-order valence-electron chi connectivity index (χ1n) is 9.19. The highest BCUT2D eigenvalue weighted by Gasteiger charge is 2.65. The van der Waals surface area contributed by atoms with E-state index in [9.17, 15) is 4.79 Å². The van der Waals surface area contributed by atoms with E-state index in [1.54, 1.807) is 7.11 Å². The molecule has 1 spiro atoms. The van der Waals surface area contributed by atoms with E-state index in [2.05, 4.69) is 18.0 Å². The van der Waals surface area contributed by atoms with Gasteiger partial charge >= 0.3 is 0 Å². The molecule has 29 heavy (non-hydrogen) atoms. The number of rotatable bonds is 1. The van der Waals surface area contributed by atoms with Crippen LogP contribution in [0.2, 0.25) is 0 Å². The van der Waals surface area contributed by atoms with Gasteiger partial charge in [0.2, 0.25) is 0 Å². The Hall–Kier alpha value is -2.20. The molecule has 1 saturated carbocycles. The molecule has 2 aliphatic heterocycles. The number of methoxy groups -OCH3 is 1. The third-order valence-electron chi connectivity index (χ3n) is 6.59. The molecule has 1 aromatic carbocycles. The van der Waals surface area contributed by atoms with Crippen molar-refractivity contribution >= 4 is 11.8 Å². The van der Waals surface area contributed by atoms with E-state index < -0.39 is 5.97 Å². The predicted molar refractivity (Wildman–Crippen MR) is 106 cm³/mol. The smallest absolute Gasteiger partial charge is 0.300 e. The van der Waals surface area contributed by atoms with Crippen molar-refractivity contribution in [1.82, 2.24) is 4.90 Å². The number of carboxylic acids is 1. The Kier molecular flexibility index (Phi) is 7.42. The SMILES string of the molecule is CC(=O)O.COc1ccc2c3c1O[C@H]1C(=O)CC[C@H]4[C@@H](C2)N(C)CC[C@]314.O.O.O. The summed E-state index contributed by atoms with van der Waals surface area (Å²) in [6.45, 7) is 2.13. The number of ketones is 1. The van der Waals surface area contributed by atoms with E-state index in [0.29, 0.717) is 18.4 Å². The third kappa shape index (κ3) is 3.38. The summed E-state index contributed by atoms with van der Waals surface area (Å²) in [5.41, 5.74) is 2.57. The fourth-order valence-corrected chi connectivity index (χ4v) is 5.67. The Morgan fingerprint density at radius 2 is 1.97 bits per heavy atom. The largest absolute Gasteiger partial charge is 0.493 e. The summed E-state index contributed by atoms with van der Waals surface area (Å²) in [5, 5.41) is 7.42. The van der Waals surface area contributed by atoms with Crippen molar-refractivity contribution in [2.75, 3.05) is 20.7 Å². The Morgan fingerprint density at radius 1 is 1.31 bits per heavy atom. The average Bonchev–Trinajstić information content (AvgIpc) is 2.94. The monoisotopic (exact) mass is 413 g/mol. The van der Waals surface area contributed by atoms with Gasteiger partial charge in [-0.1, -0.05) is 6.07 Å². The minimum Gasteiger partial charge on any atom is -0.493 e. The Balaban J connectivity index is 0.000000556. The first kappa shape index (κ1) is 24.8. The lowest BCUT2D eigenvalue weighted by molar-refractivity contribution is -0.138. The molecular formula is C20H31NO8. The topological polar surface area (TPSA) is 171 Å². The van der Waals surface area contributed by atoms with E-state index in [-0.39, 0.29) is 33.7 Å². The van der Waals surface area contributed by atoms with Crippen LogP contribution in [-0.4, -0.2) is 71.0 Å². The highest BCUT2D eigenvalue weighted by molar-refractivity contribution is 5.89. The van der Waals surface area contributed by atoms with Gasteiger partial charge < -0.3 is 35.9 Å².